The van der Waals surface area contributed by atoms with E-state index >= 15 is 0 Å². The lowest BCUT2D eigenvalue weighted by molar-refractivity contribution is -0.274. The highest BCUT2D eigenvalue weighted by Crippen LogP contribution is 2.24. The van der Waals surface area contributed by atoms with Crippen molar-refractivity contribution in [3.05, 3.63) is 24.3 Å². The zero-order valence-corrected chi connectivity index (χ0v) is 12.6. The molecule has 2 rings (SSSR count). The number of alkyl halides is 3. The molecule has 23 heavy (non-hydrogen) atoms. The highest BCUT2D eigenvalue weighted by molar-refractivity contribution is 5.92. The molecule has 128 valence electrons. The quantitative estimate of drug-likeness (QED) is 0.868. The summed E-state index contributed by atoms with van der Waals surface area (Å²) in [5.74, 6) is -0.419. The minimum atomic E-state index is -4.74. The molecule has 2 N–H and O–H groups in total. The Morgan fingerprint density at radius 3 is 2.61 bits per heavy atom. The van der Waals surface area contributed by atoms with Gasteiger partial charge in [-0.25, -0.2) is 0 Å². The number of nitrogens with one attached hydrogen (secondary N) is 1. The molecular formula is C15H19F3N2O3. The van der Waals surface area contributed by atoms with Crippen molar-refractivity contribution in [1.82, 2.24) is 4.90 Å². The van der Waals surface area contributed by atoms with E-state index in [9.17, 15) is 23.1 Å². The van der Waals surface area contributed by atoms with Crippen LogP contribution in [0.5, 0.6) is 5.75 Å². The van der Waals surface area contributed by atoms with E-state index in [1.165, 1.54) is 12.1 Å². The fourth-order valence-electron chi connectivity index (χ4n) is 2.54. The third-order valence-electron chi connectivity index (χ3n) is 3.73. The molecule has 2 atom stereocenters. The van der Waals surface area contributed by atoms with Crippen molar-refractivity contribution in [3.63, 3.8) is 0 Å². The number of carbonyl (C=O) groups is 1. The average molecular weight is 332 g/mol. The van der Waals surface area contributed by atoms with Crippen molar-refractivity contribution in [3.8, 4) is 5.75 Å². The number of ether oxygens (including phenoxy) is 1. The van der Waals surface area contributed by atoms with Crippen LogP contribution in [0, 0.1) is 5.92 Å². The number of carbonyl (C=O) groups excluding carboxylic acids is 1. The Bertz CT molecular complexity index is 532. The number of likely N-dealkylation sites (tertiary alicyclic amines) is 1. The van der Waals surface area contributed by atoms with Gasteiger partial charge in [0.15, 0.2) is 0 Å². The number of aliphatic hydroxyl groups is 1. The van der Waals surface area contributed by atoms with Crippen LogP contribution >= 0.6 is 0 Å². The third kappa shape index (κ3) is 5.72. The normalized spacial score (nSPS) is 20.3. The van der Waals surface area contributed by atoms with Crippen LogP contribution in [-0.4, -0.2) is 48.0 Å². The summed E-state index contributed by atoms with van der Waals surface area (Å²) in [5, 5.41) is 12.1. The zero-order valence-electron chi connectivity index (χ0n) is 12.6. The Labute approximate surface area is 132 Å². The summed E-state index contributed by atoms with van der Waals surface area (Å²) in [6, 6.07) is 4.98. The van der Waals surface area contributed by atoms with Crippen LogP contribution < -0.4 is 10.1 Å². The summed E-state index contributed by atoms with van der Waals surface area (Å²) >= 11 is 0. The summed E-state index contributed by atoms with van der Waals surface area (Å²) in [7, 11) is 0. The molecule has 0 aliphatic carbocycles. The van der Waals surface area contributed by atoms with Crippen molar-refractivity contribution in [2.24, 2.45) is 5.92 Å². The van der Waals surface area contributed by atoms with Gasteiger partial charge in [-0.2, -0.15) is 0 Å². The van der Waals surface area contributed by atoms with Gasteiger partial charge in [-0.15, -0.1) is 13.2 Å². The standard InChI is InChI=1S/C15H19F3N2O3/c1-10(21)11-6-7-20(8-11)9-14(22)19-12-2-4-13(5-3-12)23-15(16,17)18/h2-5,10-11,21H,6-9H2,1H3,(H,19,22). The van der Waals surface area contributed by atoms with Gasteiger partial charge in [0.05, 0.1) is 12.6 Å². The van der Waals surface area contributed by atoms with Gasteiger partial charge in [-0.1, -0.05) is 0 Å². The van der Waals surface area contributed by atoms with Gasteiger partial charge >= 0.3 is 6.36 Å². The Morgan fingerprint density at radius 2 is 2.09 bits per heavy atom. The first-order chi connectivity index (χ1) is 10.7. The predicted octanol–water partition coefficient (Wildman–Crippen LogP) is 2.23. The lowest BCUT2D eigenvalue weighted by Gasteiger charge is -2.17. The maximum absolute atomic E-state index is 12.1. The summed E-state index contributed by atoms with van der Waals surface area (Å²) in [6.45, 7) is 3.31. The lowest BCUT2D eigenvalue weighted by Crippen LogP contribution is -2.32. The van der Waals surface area contributed by atoms with Gasteiger partial charge in [0.2, 0.25) is 5.91 Å². The van der Waals surface area contributed by atoms with Crippen LogP contribution in [0.1, 0.15) is 13.3 Å². The fraction of sp³-hybridized carbons (Fsp3) is 0.533. The molecule has 1 aromatic rings. The van der Waals surface area contributed by atoms with Gasteiger partial charge in [0, 0.05) is 12.2 Å². The minimum Gasteiger partial charge on any atom is -0.406 e. The second kappa shape index (κ2) is 7.18. The number of halogens is 3. The van der Waals surface area contributed by atoms with Crippen molar-refractivity contribution < 1.29 is 27.8 Å². The van der Waals surface area contributed by atoms with Gasteiger partial charge in [0.1, 0.15) is 5.75 Å². The Kier molecular flexibility index (Phi) is 5.48. The molecule has 1 fully saturated rings. The van der Waals surface area contributed by atoms with Gasteiger partial charge in [-0.3, -0.25) is 9.69 Å². The Hall–Kier alpha value is -1.80. The first-order valence-electron chi connectivity index (χ1n) is 7.29. The number of benzene rings is 1. The maximum atomic E-state index is 12.1. The van der Waals surface area contributed by atoms with E-state index in [4.69, 9.17) is 0 Å². The highest BCUT2D eigenvalue weighted by atomic mass is 19.4. The zero-order chi connectivity index (χ0) is 17.0. The fourth-order valence-corrected chi connectivity index (χ4v) is 2.54. The average Bonchev–Trinajstić information content (AvgIpc) is 2.88. The number of nitrogens with zero attached hydrogens (tertiary/aromatic N) is 1. The lowest BCUT2D eigenvalue weighted by atomic mass is 10.0. The van der Waals surface area contributed by atoms with E-state index in [2.05, 4.69) is 10.1 Å². The second-order valence-corrected chi connectivity index (χ2v) is 5.64. The maximum Gasteiger partial charge on any atom is 0.573 e. The van der Waals surface area contributed by atoms with Gasteiger partial charge < -0.3 is 15.2 Å². The predicted molar refractivity (Wildman–Crippen MR) is 78.0 cm³/mol. The van der Waals surface area contributed by atoms with Crippen LogP contribution in [0.4, 0.5) is 18.9 Å². The molecule has 1 aliphatic rings. The largest absolute Gasteiger partial charge is 0.573 e. The van der Waals surface area contributed by atoms with E-state index in [1.807, 2.05) is 4.90 Å². The van der Waals surface area contributed by atoms with Crippen LogP contribution in [0.2, 0.25) is 0 Å². The third-order valence-corrected chi connectivity index (χ3v) is 3.73. The monoisotopic (exact) mass is 332 g/mol. The Balaban J connectivity index is 1.81. The first-order valence-corrected chi connectivity index (χ1v) is 7.29. The molecule has 8 heteroatoms. The molecule has 0 bridgehead atoms. The number of aliphatic hydroxyl groups excluding tert-OH is 1. The first kappa shape index (κ1) is 17.6. The number of hydrogen-bond donors (Lipinski definition) is 2. The van der Waals surface area contributed by atoms with Crippen molar-refractivity contribution in [2.75, 3.05) is 25.0 Å². The van der Waals surface area contributed by atoms with E-state index < -0.39 is 12.5 Å². The molecule has 1 heterocycles. The molecule has 0 spiro atoms. The van der Waals surface area contributed by atoms with Crippen LogP contribution in [-0.2, 0) is 4.79 Å². The van der Waals surface area contributed by atoms with Crippen molar-refractivity contribution in [1.29, 1.82) is 0 Å². The molecule has 0 radical (unpaired) electrons. The molecule has 1 aliphatic heterocycles. The summed E-state index contributed by atoms with van der Waals surface area (Å²) in [6.07, 6.45) is -4.29. The van der Waals surface area contributed by atoms with Crippen LogP contribution in [0.3, 0.4) is 0 Å². The summed E-state index contributed by atoms with van der Waals surface area (Å²) < 4.78 is 39.9. The molecule has 0 saturated carbocycles. The topological polar surface area (TPSA) is 61.8 Å². The van der Waals surface area contributed by atoms with Gasteiger partial charge in [-0.05, 0) is 50.1 Å². The number of anilines is 1. The van der Waals surface area contributed by atoms with Gasteiger partial charge in [0.25, 0.3) is 0 Å². The molecule has 1 aromatic carbocycles. The van der Waals surface area contributed by atoms with Crippen LogP contribution in [0.25, 0.3) is 0 Å². The summed E-state index contributed by atoms with van der Waals surface area (Å²) in [5.41, 5.74) is 0.399. The minimum absolute atomic E-state index is 0.168. The van der Waals surface area contributed by atoms with E-state index in [-0.39, 0.29) is 24.1 Å². The van der Waals surface area contributed by atoms with E-state index in [0.717, 1.165) is 25.1 Å². The SMILES string of the molecule is CC(O)C1CCN(CC(=O)Nc2ccc(OC(F)(F)F)cc2)C1. The van der Waals surface area contributed by atoms with Crippen LogP contribution in [0.15, 0.2) is 24.3 Å². The molecule has 1 saturated heterocycles. The smallest absolute Gasteiger partial charge is 0.406 e. The highest BCUT2D eigenvalue weighted by Gasteiger charge is 2.31. The van der Waals surface area contributed by atoms with E-state index in [1.54, 1.807) is 6.92 Å². The van der Waals surface area contributed by atoms with E-state index in [0.29, 0.717) is 12.2 Å². The summed E-state index contributed by atoms with van der Waals surface area (Å²) in [4.78, 5) is 13.9. The number of hydrogen-bond acceptors (Lipinski definition) is 4. The molecule has 5 nitrogen and oxygen atoms in total. The Morgan fingerprint density at radius 1 is 1.43 bits per heavy atom. The number of rotatable bonds is 5. The molecular weight excluding hydrogens is 313 g/mol. The molecule has 0 aromatic heterocycles. The molecule has 2 unspecified atom stereocenters. The van der Waals surface area contributed by atoms with Crippen molar-refractivity contribution >= 4 is 11.6 Å². The second-order valence-electron chi connectivity index (χ2n) is 5.64. The molecule has 1 amide bonds. The van der Waals surface area contributed by atoms with Crippen molar-refractivity contribution in [2.45, 2.75) is 25.8 Å². The number of amides is 1.